The van der Waals surface area contributed by atoms with Crippen molar-refractivity contribution in [3.05, 3.63) is 96.3 Å². The first-order valence-electron chi connectivity index (χ1n) is 15.8. The van der Waals surface area contributed by atoms with Gasteiger partial charge in [0.2, 0.25) is 11.8 Å². The van der Waals surface area contributed by atoms with Crippen LogP contribution in [0.2, 0.25) is 0 Å². The lowest BCUT2D eigenvalue weighted by molar-refractivity contribution is -0.131. The number of methoxy groups -OCH3 is 1. The van der Waals surface area contributed by atoms with Crippen molar-refractivity contribution in [3.63, 3.8) is 0 Å². The summed E-state index contributed by atoms with van der Waals surface area (Å²) in [7, 11) is 1.09. The molecule has 5 aromatic rings. The van der Waals surface area contributed by atoms with Gasteiger partial charge < -0.3 is 25.4 Å². The van der Waals surface area contributed by atoms with E-state index in [1.54, 1.807) is 24.4 Å². The number of hydrogen-bond acceptors (Lipinski definition) is 8. The van der Waals surface area contributed by atoms with Crippen molar-refractivity contribution in [1.29, 1.82) is 0 Å². The molecule has 0 atom stereocenters. The molecule has 1 saturated carbocycles. The fraction of sp³-hybridized carbons (Fsp3) is 0.212. The maximum atomic E-state index is 15.2. The fourth-order valence-corrected chi connectivity index (χ4v) is 5.57. The molecule has 45 heavy (non-hydrogen) atoms. The van der Waals surface area contributed by atoms with E-state index in [1.807, 2.05) is 6.07 Å². The molecule has 0 bridgehead atoms. The standard InChI is InChI=1S/C33H29F2N5O4S/c1-43-15-14-36-18-20-2-8-25(38-19-20)29-17-26-30(45-29)28(10-13-37-26)44-27-9-7-23(16-24(27)35)40-32(42)33(11-12-33)31(41)39-22-5-3-21(34)4-6-22/h2-10,13,16-17,19,36H,11-12,14-15,18H2,1H3,(H,39,41)(H,40,42)/i14D2,15D2. The van der Waals surface area contributed by atoms with E-state index in [9.17, 15) is 14.0 Å². The van der Waals surface area contributed by atoms with Crippen LogP contribution in [0, 0.1) is 17.0 Å². The Morgan fingerprint density at radius 1 is 0.956 bits per heavy atom. The first kappa shape index (κ1) is 25.5. The van der Waals surface area contributed by atoms with Crippen LogP contribution in [0.1, 0.15) is 23.9 Å². The van der Waals surface area contributed by atoms with E-state index in [-0.39, 0.29) is 18.0 Å². The van der Waals surface area contributed by atoms with Gasteiger partial charge in [0.15, 0.2) is 11.6 Å². The van der Waals surface area contributed by atoms with Crippen molar-refractivity contribution >= 4 is 44.7 Å². The average Bonchev–Trinajstić information content (AvgIpc) is 3.79. The van der Waals surface area contributed by atoms with Gasteiger partial charge in [-0.25, -0.2) is 8.78 Å². The summed E-state index contributed by atoms with van der Waals surface area (Å²) >= 11 is 1.33. The van der Waals surface area contributed by atoms with Gasteiger partial charge in [-0.3, -0.25) is 19.6 Å². The van der Waals surface area contributed by atoms with E-state index in [0.717, 1.165) is 18.1 Å². The van der Waals surface area contributed by atoms with Gasteiger partial charge in [-0.05, 0) is 66.9 Å². The molecule has 9 nitrogen and oxygen atoms in total. The predicted molar refractivity (Wildman–Crippen MR) is 168 cm³/mol. The number of rotatable bonds is 12. The Morgan fingerprint density at radius 2 is 1.71 bits per heavy atom. The summed E-state index contributed by atoms with van der Waals surface area (Å²) in [5, 5.41) is 7.76. The van der Waals surface area contributed by atoms with Crippen molar-refractivity contribution in [1.82, 2.24) is 15.3 Å². The molecule has 12 heteroatoms. The molecule has 1 fully saturated rings. The van der Waals surface area contributed by atoms with E-state index in [1.165, 1.54) is 53.9 Å². The molecule has 0 aliphatic heterocycles. The topological polar surface area (TPSA) is 114 Å². The van der Waals surface area contributed by atoms with Crippen LogP contribution in [0.4, 0.5) is 20.2 Å². The van der Waals surface area contributed by atoms with Gasteiger partial charge in [0.1, 0.15) is 17.0 Å². The highest BCUT2D eigenvalue weighted by Gasteiger charge is 2.56. The van der Waals surface area contributed by atoms with Gasteiger partial charge in [-0.2, -0.15) is 0 Å². The molecule has 3 N–H and O–H groups in total. The number of nitrogens with zero attached hydrogens (tertiary/aromatic N) is 2. The molecule has 2 amide bonds. The molecule has 1 aliphatic carbocycles. The molecule has 0 saturated heterocycles. The molecular weight excluding hydrogens is 600 g/mol. The Bertz CT molecular complexity index is 2030. The number of hydrogen-bond donors (Lipinski definition) is 3. The minimum atomic E-state index is -2.53. The van der Waals surface area contributed by atoms with Gasteiger partial charge in [0.05, 0.1) is 30.1 Å². The van der Waals surface area contributed by atoms with Crippen LogP contribution >= 0.6 is 11.3 Å². The summed E-state index contributed by atoms with van der Waals surface area (Å²) in [4.78, 5) is 35.5. The van der Waals surface area contributed by atoms with Gasteiger partial charge in [-0.15, -0.1) is 11.3 Å². The highest BCUT2D eigenvalue weighted by molar-refractivity contribution is 7.22. The number of thiophene rings is 1. The Kier molecular flexibility index (Phi) is 7.41. The summed E-state index contributed by atoms with van der Waals surface area (Å²) in [6.45, 7) is -4.96. The lowest BCUT2D eigenvalue weighted by Gasteiger charge is -2.16. The third kappa shape index (κ3) is 6.83. The van der Waals surface area contributed by atoms with Crippen LogP contribution in [0.3, 0.4) is 0 Å². The highest BCUT2D eigenvalue weighted by atomic mass is 32.1. The monoisotopic (exact) mass is 633 g/mol. The number of nitrogens with one attached hydrogen (secondary N) is 3. The number of amides is 2. The second-order valence-electron chi connectivity index (χ2n) is 10.2. The number of pyridine rings is 2. The Hall–Kier alpha value is -4.78. The van der Waals surface area contributed by atoms with Gasteiger partial charge in [-0.1, -0.05) is 6.07 Å². The normalized spacial score (nSPS) is 15.4. The summed E-state index contributed by atoms with van der Waals surface area (Å²) in [6.07, 6.45) is 3.72. The molecule has 2 aromatic carbocycles. The fourth-order valence-electron chi connectivity index (χ4n) is 4.53. The molecule has 3 aromatic heterocycles. The third-order valence-electron chi connectivity index (χ3n) is 7.12. The second kappa shape index (κ2) is 13.1. The average molecular weight is 634 g/mol. The second-order valence-corrected chi connectivity index (χ2v) is 11.3. The number of benzene rings is 2. The molecular formula is C33H29F2N5O4S. The highest BCUT2D eigenvalue weighted by Crippen LogP contribution is 2.48. The number of aromatic nitrogens is 2. The lowest BCUT2D eigenvalue weighted by atomic mass is 10.0. The Morgan fingerprint density at radius 3 is 2.40 bits per heavy atom. The molecule has 0 spiro atoms. The first-order chi connectivity index (χ1) is 23.3. The number of carbonyl (C=O) groups is 2. The maximum absolute atomic E-state index is 15.2. The summed E-state index contributed by atoms with van der Waals surface area (Å²) in [5.74, 6) is -2.04. The zero-order valence-electron chi connectivity index (χ0n) is 27.8. The van der Waals surface area contributed by atoms with Gasteiger partial charge in [0.25, 0.3) is 0 Å². The molecule has 6 rings (SSSR count). The molecule has 1 aliphatic rings. The Balaban J connectivity index is 1.11. The van der Waals surface area contributed by atoms with E-state index >= 15 is 4.39 Å². The van der Waals surface area contributed by atoms with Crippen molar-refractivity contribution in [2.24, 2.45) is 5.41 Å². The number of ether oxygens (including phenoxy) is 2. The molecule has 0 unspecified atom stereocenters. The largest absolute Gasteiger partial charge is 0.453 e. The van der Waals surface area contributed by atoms with Crippen molar-refractivity contribution in [2.75, 3.05) is 30.8 Å². The summed E-state index contributed by atoms with van der Waals surface area (Å²) in [5.41, 5.74) is 1.03. The molecule has 0 radical (unpaired) electrons. The van der Waals surface area contributed by atoms with E-state index < -0.39 is 41.9 Å². The van der Waals surface area contributed by atoms with Crippen LogP contribution in [-0.2, 0) is 20.9 Å². The van der Waals surface area contributed by atoms with Crippen LogP contribution in [0.5, 0.6) is 11.5 Å². The first-order valence-corrected chi connectivity index (χ1v) is 14.6. The Labute approximate surface area is 267 Å². The third-order valence-corrected chi connectivity index (χ3v) is 8.28. The van der Waals surface area contributed by atoms with Gasteiger partial charge in [0, 0.05) is 58.8 Å². The van der Waals surface area contributed by atoms with E-state index in [0.29, 0.717) is 45.8 Å². The number of carbonyl (C=O) groups excluding carboxylic acids is 2. The number of fused-ring (bicyclic) bond motifs is 1. The SMILES string of the molecule is [2H]C([2H])(NCc1ccc(-c2cc3nccc(Oc4ccc(NC(=O)C5(C(=O)Nc6ccc(F)cc6)CC5)cc4F)c3s2)nc1)C([2H])([2H])OC. The number of halogens is 2. The van der Waals surface area contributed by atoms with Crippen LogP contribution < -0.4 is 20.7 Å². The van der Waals surface area contributed by atoms with Crippen LogP contribution in [0.15, 0.2) is 79.1 Å². The van der Waals surface area contributed by atoms with Crippen molar-refractivity contribution < 1.29 is 33.3 Å². The predicted octanol–water partition coefficient (Wildman–Crippen LogP) is 6.52. The quantitative estimate of drug-likeness (QED) is 0.134. The number of anilines is 2. The van der Waals surface area contributed by atoms with Gasteiger partial charge >= 0.3 is 0 Å². The van der Waals surface area contributed by atoms with E-state index in [4.69, 9.17) is 10.2 Å². The molecule has 3 heterocycles. The maximum Gasteiger partial charge on any atom is 0.240 e. The van der Waals surface area contributed by atoms with Crippen LogP contribution in [0.25, 0.3) is 20.8 Å². The van der Waals surface area contributed by atoms with Crippen molar-refractivity contribution in [3.8, 4) is 22.1 Å². The summed E-state index contributed by atoms with van der Waals surface area (Å²) < 4.78 is 70.8. The zero-order valence-corrected chi connectivity index (χ0v) is 24.6. The minimum Gasteiger partial charge on any atom is -0.453 e. The minimum absolute atomic E-state index is 0.0108. The smallest absolute Gasteiger partial charge is 0.240 e. The van der Waals surface area contributed by atoms with Crippen molar-refractivity contribution in [2.45, 2.75) is 19.4 Å². The van der Waals surface area contributed by atoms with E-state index in [2.05, 4.69) is 30.7 Å². The summed E-state index contributed by atoms with van der Waals surface area (Å²) in [6, 6.07) is 16.0. The van der Waals surface area contributed by atoms with Crippen LogP contribution in [-0.4, -0.2) is 41.9 Å². The lowest BCUT2D eigenvalue weighted by Crippen LogP contribution is -2.35. The molecule has 230 valence electrons. The zero-order chi connectivity index (χ0) is 35.0.